The molecule has 7 nitrogen and oxygen atoms in total. The number of rotatable bonds is 7. The Balaban J connectivity index is 1.33. The molecule has 2 aromatic carbocycles. The first-order chi connectivity index (χ1) is 16.2. The third-order valence-corrected chi connectivity index (χ3v) is 6.34. The van der Waals surface area contributed by atoms with E-state index in [1.807, 2.05) is 47.4 Å². The number of likely N-dealkylation sites (tertiary alicyclic amines) is 1. The fourth-order valence-electron chi connectivity index (χ4n) is 4.26. The summed E-state index contributed by atoms with van der Waals surface area (Å²) in [4.78, 5) is 21.3. The molecule has 0 saturated carbocycles. The highest BCUT2D eigenvalue weighted by Crippen LogP contribution is 2.33. The Labute approximate surface area is 197 Å². The maximum atomic E-state index is 12.8. The van der Waals surface area contributed by atoms with Crippen molar-refractivity contribution in [2.75, 3.05) is 19.9 Å². The molecule has 0 N–H and O–H groups in total. The Morgan fingerprint density at radius 3 is 2.67 bits per heavy atom. The topological polar surface area (TPSA) is 68.0 Å². The van der Waals surface area contributed by atoms with Crippen LogP contribution in [0.3, 0.4) is 0 Å². The molecule has 8 heteroatoms. The molecule has 0 radical (unpaired) electrons. The molecule has 3 aromatic rings. The number of piperidine rings is 1. The second-order valence-corrected chi connectivity index (χ2v) is 8.81. The average molecular weight is 468 g/mol. The molecule has 1 amide bonds. The Hall–Kier alpha value is -3.03. The van der Waals surface area contributed by atoms with Crippen molar-refractivity contribution < 1.29 is 18.7 Å². The van der Waals surface area contributed by atoms with Gasteiger partial charge in [0.1, 0.15) is 6.26 Å². The van der Waals surface area contributed by atoms with Gasteiger partial charge < -0.3 is 18.8 Å². The van der Waals surface area contributed by atoms with Crippen molar-refractivity contribution in [1.29, 1.82) is 0 Å². The SMILES string of the molecule is O=C(c1coc(CN(Cc2ccc3c(c2)OCO3)Cc2ccccc2Cl)n1)N1CCCCC1. The molecule has 0 bridgehead atoms. The molecule has 0 aliphatic carbocycles. The van der Waals surface area contributed by atoms with E-state index in [0.717, 1.165) is 48.6 Å². The lowest BCUT2D eigenvalue weighted by Gasteiger charge is -2.25. The summed E-state index contributed by atoms with van der Waals surface area (Å²) in [6, 6.07) is 13.7. The summed E-state index contributed by atoms with van der Waals surface area (Å²) in [6.07, 6.45) is 4.72. The number of oxazole rings is 1. The van der Waals surface area contributed by atoms with Crippen LogP contribution in [-0.4, -0.2) is 40.6 Å². The number of carbonyl (C=O) groups excluding carboxylic acids is 1. The van der Waals surface area contributed by atoms with Crippen LogP contribution in [0.4, 0.5) is 0 Å². The van der Waals surface area contributed by atoms with Crippen LogP contribution in [0.25, 0.3) is 0 Å². The van der Waals surface area contributed by atoms with Crippen LogP contribution in [0, 0.1) is 0 Å². The van der Waals surface area contributed by atoms with Gasteiger partial charge in [0, 0.05) is 31.2 Å². The van der Waals surface area contributed by atoms with Gasteiger partial charge in [-0.2, -0.15) is 0 Å². The van der Waals surface area contributed by atoms with Gasteiger partial charge in [0.25, 0.3) is 5.91 Å². The number of nitrogens with zero attached hydrogens (tertiary/aromatic N) is 3. The Morgan fingerprint density at radius 2 is 1.82 bits per heavy atom. The lowest BCUT2D eigenvalue weighted by molar-refractivity contribution is 0.0718. The molecule has 3 heterocycles. The van der Waals surface area contributed by atoms with Crippen LogP contribution < -0.4 is 9.47 Å². The molecule has 1 aromatic heterocycles. The number of fused-ring (bicyclic) bond motifs is 1. The second kappa shape index (κ2) is 9.85. The molecule has 5 rings (SSSR count). The van der Waals surface area contributed by atoms with Crippen molar-refractivity contribution in [3.8, 4) is 11.5 Å². The molecule has 1 fully saturated rings. The summed E-state index contributed by atoms with van der Waals surface area (Å²) in [7, 11) is 0. The first-order valence-electron chi connectivity index (χ1n) is 11.2. The molecular formula is C25H26ClN3O4. The molecule has 0 atom stereocenters. The van der Waals surface area contributed by atoms with Crippen LogP contribution in [0.1, 0.15) is 46.8 Å². The summed E-state index contributed by atoms with van der Waals surface area (Å²) < 4.78 is 16.7. The van der Waals surface area contributed by atoms with Crippen LogP contribution in [0.2, 0.25) is 5.02 Å². The molecule has 2 aliphatic heterocycles. The number of hydrogen-bond donors (Lipinski definition) is 0. The van der Waals surface area contributed by atoms with Crippen molar-refractivity contribution >= 4 is 17.5 Å². The van der Waals surface area contributed by atoms with Gasteiger partial charge in [-0.15, -0.1) is 0 Å². The van der Waals surface area contributed by atoms with Crippen molar-refractivity contribution in [2.24, 2.45) is 0 Å². The number of halogens is 1. The zero-order chi connectivity index (χ0) is 22.6. The third kappa shape index (κ3) is 5.15. The van der Waals surface area contributed by atoms with Crippen LogP contribution in [-0.2, 0) is 19.6 Å². The van der Waals surface area contributed by atoms with Crippen LogP contribution in [0.5, 0.6) is 11.5 Å². The van der Waals surface area contributed by atoms with Gasteiger partial charge in [-0.1, -0.05) is 35.9 Å². The zero-order valence-corrected chi connectivity index (χ0v) is 19.1. The fraction of sp³-hybridized carbons (Fsp3) is 0.360. The van der Waals surface area contributed by atoms with Crippen molar-refractivity contribution in [1.82, 2.24) is 14.8 Å². The standard InChI is InChI=1S/C25H26ClN3O4/c26-20-7-3-2-6-19(20)14-28(13-18-8-9-22-23(12-18)33-17-32-22)15-24-27-21(16-31-24)25(30)29-10-4-1-5-11-29/h2-3,6-9,12,16H,1,4-5,10-11,13-15,17H2. The minimum absolute atomic E-state index is 0.0573. The first-order valence-corrected chi connectivity index (χ1v) is 11.6. The van der Waals surface area contributed by atoms with Crippen molar-refractivity contribution in [2.45, 2.75) is 38.9 Å². The van der Waals surface area contributed by atoms with E-state index in [9.17, 15) is 4.79 Å². The number of hydrogen-bond acceptors (Lipinski definition) is 6. The van der Waals surface area contributed by atoms with Gasteiger partial charge in [0.2, 0.25) is 12.7 Å². The molecule has 172 valence electrons. The quantitative estimate of drug-likeness (QED) is 0.493. The summed E-state index contributed by atoms with van der Waals surface area (Å²) in [5.74, 6) is 1.95. The number of benzene rings is 2. The van der Waals surface area contributed by atoms with Crippen molar-refractivity contribution in [3.63, 3.8) is 0 Å². The van der Waals surface area contributed by atoms with E-state index >= 15 is 0 Å². The third-order valence-electron chi connectivity index (χ3n) is 5.97. The smallest absolute Gasteiger partial charge is 0.275 e. The first kappa shape index (κ1) is 21.8. The summed E-state index contributed by atoms with van der Waals surface area (Å²) in [5, 5.41) is 0.710. The average Bonchev–Trinajstić information content (AvgIpc) is 3.50. The minimum Gasteiger partial charge on any atom is -0.454 e. The Bertz CT molecular complexity index is 1130. The van der Waals surface area contributed by atoms with Gasteiger partial charge >= 0.3 is 0 Å². The molecule has 0 spiro atoms. The maximum absolute atomic E-state index is 12.8. The summed E-state index contributed by atoms with van der Waals surface area (Å²) >= 11 is 6.43. The molecule has 2 aliphatic rings. The molecule has 33 heavy (non-hydrogen) atoms. The van der Waals surface area contributed by atoms with Gasteiger partial charge in [0.05, 0.1) is 6.54 Å². The monoisotopic (exact) mass is 467 g/mol. The number of amides is 1. The Kier molecular flexibility index (Phi) is 6.51. The van der Waals surface area contributed by atoms with E-state index in [1.54, 1.807) is 0 Å². The lowest BCUT2D eigenvalue weighted by Crippen LogP contribution is -2.35. The molecule has 0 unspecified atom stereocenters. The predicted octanol–water partition coefficient (Wildman–Crippen LogP) is 4.89. The van der Waals surface area contributed by atoms with E-state index in [0.29, 0.717) is 36.2 Å². The van der Waals surface area contributed by atoms with E-state index < -0.39 is 0 Å². The number of carbonyl (C=O) groups is 1. The highest BCUT2D eigenvalue weighted by Gasteiger charge is 2.23. The lowest BCUT2D eigenvalue weighted by atomic mass is 10.1. The molecule has 1 saturated heterocycles. The minimum atomic E-state index is -0.0573. The summed E-state index contributed by atoms with van der Waals surface area (Å²) in [6.45, 7) is 3.47. The fourth-order valence-corrected chi connectivity index (χ4v) is 4.46. The predicted molar refractivity (Wildman–Crippen MR) is 123 cm³/mol. The number of aromatic nitrogens is 1. The van der Waals surface area contributed by atoms with E-state index in [-0.39, 0.29) is 12.7 Å². The normalized spacial score (nSPS) is 15.3. The van der Waals surface area contributed by atoms with Crippen LogP contribution in [0.15, 0.2) is 53.1 Å². The second-order valence-electron chi connectivity index (χ2n) is 8.40. The van der Waals surface area contributed by atoms with Gasteiger partial charge in [0.15, 0.2) is 17.2 Å². The number of ether oxygens (including phenoxy) is 2. The molecular weight excluding hydrogens is 442 g/mol. The van der Waals surface area contributed by atoms with Gasteiger partial charge in [-0.05, 0) is 48.6 Å². The summed E-state index contributed by atoms with van der Waals surface area (Å²) in [5.41, 5.74) is 2.45. The van der Waals surface area contributed by atoms with E-state index in [2.05, 4.69) is 9.88 Å². The van der Waals surface area contributed by atoms with Crippen molar-refractivity contribution in [3.05, 3.63) is 76.5 Å². The van der Waals surface area contributed by atoms with Gasteiger partial charge in [-0.3, -0.25) is 9.69 Å². The Morgan fingerprint density at radius 1 is 1.00 bits per heavy atom. The highest BCUT2D eigenvalue weighted by molar-refractivity contribution is 6.31. The van der Waals surface area contributed by atoms with Gasteiger partial charge in [-0.25, -0.2) is 4.98 Å². The van der Waals surface area contributed by atoms with Crippen LogP contribution >= 0.6 is 11.6 Å². The highest BCUT2D eigenvalue weighted by atomic mass is 35.5. The van der Waals surface area contributed by atoms with E-state index in [4.69, 9.17) is 25.5 Å². The zero-order valence-electron chi connectivity index (χ0n) is 18.3. The maximum Gasteiger partial charge on any atom is 0.275 e. The largest absolute Gasteiger partial charge is 0.454 e. The van der Waals surface area contributed by atoms with E-state index in [1.165, 1.54) is 12.7 Å².